The number of hydrogen-bond acceptors (Lipinski definition) is 5. The van der Waals surface area contributed by atoms with Crippen LogP contribution in [0.2, 0.25) is 0 Å². The zero-order valence-electron chi connectivity index (χ0n) is 11.4. The van der Waals surface area contributed by atoms with Gasteiger partial charge in [-0.15, -0.1) is 0 Å². The van der Waals surface area contributed by atoms with Gasteiger partial charge in [-0.3, -0.25) is 4.90 Å². The Labute approximate surface area is 109 Å². The molecule has 2 aliphatic heterocycles. The summed E-state index contributed by atoms with van der Waals surface area (Å²) in [4.78, 5) is 2.35. The Balaban J connectivity index is 1.92. The summed E-state index contributed by atoms with van der Waals surface area (Å²) in [5.74, 6) is 0. The van der Waals surface area contributed by atoms with Crippen LogP contribution in [0, 0.1) is 5.41 Å². The molecule has 0 saturated carbocycles. The fourth-order valence-electron chi connectivity index (χ4n) is 3.05. The fraction of sp³-hybridized carbons (Fsp3) is 1.00. The average molecular weight is 259 g/mol. The van der Waals surface area contributed by atoms with Crippen molar-refractivity contribution in [1.82, 2.24) is 4.90 Å². The highest BCUT2D eigenvalue weighted by Gasteiger charge is 2.39. The highest BCUT2D eigenvalue weighted by Crippen LogP contribution is 2.32. The van der Waals surface area contributed by atoms with E-state index >= 15 is 0 Å². The molecule has 0 aromatic rings. The molecule has 0 amide bonds. The van der Waals surface area contributed by atoms with Gasteiger partial charge in [-0.25, -0.2) is 0 Å². The second kappa shape index (κ2) is 6.30. The van der Waals surface area contributed by atoms with Gasteiger partial charge in [0, 0.05) is 52.5 Å². The van der Waals surface area contributed by atoms with Crippen molar-refractivity contribution >= 4 is 0 Å². The number of nitrogens with zero attached hydrogens (tertiary/aromatic N) is 1. The third-order valence-electron chi connectivity index (χ3n) is 4.34. The van der Waals surface area contributed by atoms with E-state index in [2.05, 4.69) is 4.90 Å². The molecule has 1 N–H and O–H groups in total. The Morgan fingerprint density at radius 1 is 1.17 bits per heavy atom. The molecule has 0 aliphatic carbocycles. The summed E-state index contributed by atoms with van der Waals surface area (Å²) in [5.41, 5.74) is -0.000821. The summed E-state index contributed by atoms with van der Waals surface area (Å²) >= 11 is 0. The number of aliphatic hydroxyl groups is 1. The third kappa shape index (κ3) is 3.03. The zero-order chi connectivity index (χ0) is 13.0. The van der Waals surface area contributed by atoms with E-state index < -0.39 is 0 Å². The molecule has 18 heavy (non-hydrogen) atoms. The smallest absolute Gasteiger partial charge is 0.0971 e. The summed E-state index contributed by atoms with van der Waals surface area (Å²) in [6.07, 6.45) is 2.17. The van der Waals surface area contributed by atoms with Gasteiger partial charge in [0.05, 0.1) is 18.8 Å². The van der Waals surface area contributed by atoms with E-state index in [0.717, 1.165) is 45.7 Å². The lowest BCUT2D eigenvalue weighted by atomic mass is 9.80. The highest BCUT2D eigenvalue weighted by atomic mass is 16.5. The Morgan fingerprint density at radius 3 is 2.17 bits per heavy atom. The van der Waals surface area contributed by atoms with Crippen molar-refractivity contribution in [2.75, 3.05) is 53.7 Å². The largest absolute Gasteiger partial charge is 0.396 e. The van der Waals surface area contributed by atoms with Crippen LogP contribution in [0.4, 0.5) is 0 Å². The Bertz CT molecular complexity index is 243. The molecular weight excluding hydrogens is 234 g/mol. The molecule has 2 unspecified atom stereocenters. The lowest BCUT2D eigenvalue weighted by molar-refractivity contribution is -0.0331. The van der Waals surface area contributed by atoms with Crippen LogP contribution in [-0.4, -0.2) is 75.9 Å². The maximum absolute atomic E-state index is 9.70. The van der Waals surface area contributed by atoms with Gasteiger partial charge in [-0.05, 0) is 12.8 Å². The first kappa shape index (κ1) is 14.2. The van der Waals surface area contributed by atoms with E-state index in [0.29, 0.717) is 0 Å². The summed E-state index contributed by atoms with van der Waals surface area (Å²) < 4.78 is 16.3. The normalized spacial score (nSPS) is 32.8. The van der Waals surface area contributed by atoms with Crippen LogP contribution < -0.4 is 0 Å². The van der Waals surface area contributed by atoms with Gasteiger partial charge in [0.1, 0.15) is 0 Å². The first-order valence-electron chi connectivity index (χ1n) is 6.69. The molecule has 2 saturated heterocycles. The lowest BCUT2D eigenvalue weighted by Gasteiger charge is -2.38. The van der Waals surface area contributed by atoms with E-state index in [4.69, 9.17) is 14.2 Å². The lowest BCUT2D eigenvalue weighted by Crippen LogP contribution is -2.43. The van der Waals surface area contributed by atoms with Crippen LogP contribution in [0.3, 0.4) is 0 Å². The molecular formula is C13H25NO4. The molecule has 0 radical (unpaired) electrons. The topological polar surface area (TPSA) is 51.2 Å². The van der Waals surface area contributed by atoms with E-state index in [-0.39, 0.29) is 24.2 Å². The van der Waals surface area contributed by atoms with Crippen molar-refractivity contribution in [2.24, 2.45) is 5.41 Å². The van der Waals surface area contributed by atoms with Gasteiger partial charge in [-0.2, -0.15) is 0 Å². The van der Waals surface area contributed by atoms with Gasteiger partial charge in [0.2, 0.25) is 0 Å². The summed E-state index contributed by atoms with van der Waals surface area (Å²) in [6, 6.07) is 0. The molecule has 2 atom stereocenters. The third-order valence-corrected chi connectivity index (χ3v) is 4.34. The van der Waals surface area contributed by atoms with Crippen LogP contribution in [0.25, 0.3) is 0 Å². The Hall–Kier alpha value is -0.200. The fourth-order valence-corrected chi connectivity index (χ4v) is 3.05. The standard InChI is InChI=1S/C13H25NO4/c1-16-11-7-14(8-12(11)17-2)9-13(10-15)3-5-18-6-4-13/h11-12,15H,3-10H2,1-2H3. The maximum atomic E-state index is 9.70. The molecule has 5 heteroatoms. The minimum Gasteiger partial charge on any atom is -0.396 e. The predicted molar refractivity (Wildman–Crippen MR) is 67.6 cm³/mol. The van der Waals surface area contributed by atoms with Crippen molar-refractivity contribution < 1.29 is 19.3 Å². The van der Waals surface area contributed by atoms with Crippen LogP contribution >= 0.6 is 0 Å². The Kier molecular flexibility index (Phi) is 4.98. The van der Waals surface area contributed by atoms with Crippen molar-refractivity contribution in [2.45, 2.75) is 25.0 Å². The first-order valence-corrected chi connectivity index (χ1v) is 6.69. The van der Waals surface area contributed by atoms with Gasteiger partial charge >= 0.3 is 0 Å². The molecule has 5 nitrogen and oxygen atoms in total. The SMILES string of the molecule is COC1CN(CC2(CO)CCOCC2)CC1OC. The molecule has 0 aromatic heterocycles. The van der Waals surface area contributed by atoms with E-state index in [9.17, 15) is 5.11 Å². The summed E-state index contributed by atoms with van der Waals surface area (Å²) in [6.45, 7) is 4.44. The molecule has 2 fully saturated rings. The predicted octanol–water partition coefficient (Wildman–Crippen LogP) is 0.121. The first-order chi connectivity index (χ1) is 8.73. The van der Waals surface area contributed by atoms with E-state index in [1.165, 1.54) is 0 Å². The minimum atomic E-state index is -0.000821. The highest BCUT2D eigenvalue weighted by molar-refractivity contribution is 4.91. The van der Waals surface area contributed by atoms with Crippen LogP contribution in [0.5, 0.6) is 0 Å². The van der Waals surface area contributed by atoms with Gasteiger partial charge in [0.15, 0.2) is 0 Å². The monoisotopic (exact) mass is 259 g/mol. The number of aliphatic hydroxyl groups excluding tert-OH is 1. The quantitative estimate of drug-likeness (QED) is 0.760. The van der Waals surface area contributed by atoms with Crippen molar-refractivity contribution in [3.63, 3.8) is 0 Å². The zero-order valence-corrected chi connectivity index (χ0v) is 11.4. The molecule has 0 bridgehead atoms. The minimum absolute atomic E-state index is 0.000821. The van der Waals surface area contributed by atoms with Crippen LogP contribution in [-0.2, 0) is 14.2 Å². The molecule has 2 aliphatic rings. The van der Waals surface area contributed by atoms with Crippen LogP contribution in [0.15, 0.2) is 0 Å². The van der Waals surface area contributed by atoms with E-state index in [1.807, 2.05) is 0 Å². The van der Waals surface area contributed by atoms with Crippen molar-refractivity contribution in [3.05, 3.63) is 0 Å². The molecule has 2 heterocycles. The number of methoxy groups -OCH3 is 2. The molecule has 0 spiro atoms. The number of hydrogen-bond donors (Lipinski definition) is 1. The molecule has 106 valence electrons. The maximum Gasteiger partial charge on any atom is 0.0971 e. The number of rotatable bonds is 5. The summed E-state index contributed by atoms with van der Waals surface area (Å²) in [5, 5.41) is 9.70. The van der Waals surface area contributed by atoms with Gasteiger partial charge in [-0.1, -0.05) is 0 Å². The van der Waals surface area contributed by atoms with E-state index in [1.54, 1.807) is 14.2 Å². The second-order valence-electron chi connectivity index (χ2n) is 5.51. The Morgan fingerprint density at radius 2 is 1.72 bits per heavy atom. The van der Waals surface area contributed by atoms with Gasteiger partial charge in [0.25, 0.3) is 0 Å². The average Bonchev–Trinajstić information content (AvgIpc) is 2.81. The summed E-state index contributed by atoms with van der Waals surface area (Å²) in [7, 11) is 3.47. The van der Waals surface area contributed by atoms with Crippen LogP contribution in [0.1, 0.15) is 12.8 Å². The molecule has 2 rings (SSSR count). The molecule has 0 aromatic carbocycles. The number of ether oxygens (including phenoxy) is 3. The number of likely N-dealkylation sites (tertiary alicyclic amines) is 1. The van der Waals surface area contributed by atoms with Crippen molar-refractivity contribution in [1.29, 1.82) is 0 Å². The second-order valence-corrected chi connectivity index (χ2v) is 5.51. The van der Waals surface area contributed by atoms with Crippen molar-refractivity contribution in [3.8, 4) is 0 Å². The van der Waals surface area contributed by atoms with Gasteiger partial charge < -0.3 is 19.3 Å².